The zero-order valence-electron chi connectivity index (χ0n) is 21.9. The summed E-state index contributed by atoms with van der Waals surface area (Å²) in [5.74, 6) is 1.29. The molecule has 202 valence electrons. The first-order valence-corrected chi connectivity index (χ1v) is 14.5. The average Bonchev–Trinajstić information content (AvgIpc) is 3.45. The van der Waals surface area contributed by atoms with Gasteiger partial charge in [-0.15, -0.1) is 28.1 Å². The highest BCUT2D eigenvalue weighted by Crippen LogP contribution is 2.40. The Morgan fingerprint density at radius 2 is 2.18 bits per heavy atom. The molecule has 2 heterocycles. The summed E-state index contributed by atoms with van der Waals surface area (Å²) in [4.78, 5) is 26.6. The normalized spacial score (nSPS) is 15.4. The van der Waals surface area contributed by atoms with Crippen LogP contribution in [0, 0.1) is 12.8 Å². The van der Waals surface area contributed by atoms with Gasteiger partial charge in [0.25, 0.3) is 0 Å². The molecule has 3 aromatic rings. The molecule has 2 unspecified atom stereocenters. The molecule has 0 saturated carbocycles. The molecule has 4 rings (SSSR count). The summed E-state index contributed by atoms with van der Waals surface area (Å²) in [6.07, 6.45) is 4.07. The van der Waals surface area contributed by atoms with Gasteiger partial charge in [0.1, 0.15) is 10.8 Å². The molecule has 1 N–H and O–H groups in total. The van der Waals surface area contributed by atoms with Crippen LogP contribution in [0.25, 0.3) is 0 Å². The van der Waals surface area contributed by atoms with Crippen LogP contribution in [0.15, 0.2) is 36.0 Å². The summed E-state index contributed by atoms with van der Waals surface area (Å²) in [6.45, 7) is 10.3. The molecule has 1 aliphatic carbocycles. The molecule has 1 amide bonds. The van der Waals surface area contributed by atoms with Gasteiger partial charge in [-0.2, -0.15) is 0 Å². The van der Waals surface area contributed by atoms with Crippen LogP contribution in [0.4, 0.5) is 5.00 Å². The van der Waals surface area contributed by atoms with E-state index in [0.29, 0.717) is 44.8 Å². The van der Waals surface area contributed by atoms with Crippen LogP contribution in [0.3, 0.4) is 0 Å². The number of aromatic nitrogens is 3. The number of esters is 1. The molecule has 11 heteroatoms. The smallest absolute Gasteiger partial charge is 0.341 e. The second-order valence-corrected chi connectivity index (χ2v) is 11.8. The number of fused-ring (bicyclic) bond motifs is 1. The molecular formula is C27H31ClN4O4S2. The van der Waals surface area contributed by atoms with Crippen molar-refractivity contribution >= 4 is 51.6 Å². The molecule has 0 radical (unpaired) electrons. The Morgan fingerprint density at radius 3 is 2.89 bits per heavy atom. The minimum Gasteiger partial charge on any atom is -0.483 e. The average molecular weight is 575 g/mol. The molecule has 1 aliphatic rings. The Balaban J connectivity index is 1.46. The maximum atomic E-state index is 12.9. The third-order valence-electron chi connectivity index (χ3n) is 6.35. The number of anilines is 1. The molecule has 0 bridgehead atoms. The number of amides is 1. The lowest BCUT2D eigenvalue weighted by Crippen LogP contribution is -2.17. The number of hydrogen-bond acceptors (Lipinski definition) is 8. The summed E-state index contributed by atoms with van der Waals surface area (Å²) < 4.78 is 13.0. The van der Waals surface area contributed by atoms with Gasteiger partial charge in [0.2, 0.25) is 5.91 Å². The zero-order chi connectivity index (χ0) is 27.4. The maximum absolute atomic E-state index is 12.9. The number of hydrogen-bond donors (Lipinski definition) is 1. The molecule has 1 aromatic carbocycles. The summed E-state index contributed by atoms with van der Waals surface area (Å²) in [7, 11) is 1.36. The Bertz CT molecular complexity index is 1350. The number of ether oxygens (including phenoxy) is 2. The lowest BCUT2D eigenvalue weighted by molar-refractivity contribution is -0.113. The highest BCUT2D eigenvalue weighted by molar-refractivity contribution is 7.99. The van der Waals surface area contributed by atoms with Crippen molar-refractivity contribution in [3.05, 3.63) is 63.3 Å². The fourth-order valence-corrected chi connectivity index (χ4v) is 6.69. The number of methoxy groups -OCH3 is 1. The van der Waals surface area contributed by atoms with Gasteiger partial charge in [0, 0.05) is 16.4 Å². The summed E-state index contributed by atoms with van der Waals surface area (Å²) in [5, 5.41) is 13.4. The van der Waals surface area contributed by atoms with E-state index in [1.165, 1.54) is 30.2 Å². The van der Waals surface area contributed by atoms with Gasteiger partial charge in [0.05, 0.1) is 18.4 Å². The highest BCUT2D eigenvalue weighted by Gasteiger charge is 2.29. The number of aryl methyl sites for hydroxylation is 1. The third-order valence-corrected chi connectivity index (χ3v) is 8.91. The predicted molar refractivity (Wildman–Crippen MR) is 152 cm³/mol. The summed E-state index contributed by atoms with van der Waals surface area (Å²) >= 11 is 8.86. The molecule has 38 heavy (non-hydrogen) atoms. The highest BCUT2D eigenvalue weighted by atomic mass is 35.5. The molecule has 8 nitrogen and oxygen atoms in total. The largest absolute Gasteiger partial charge is 0.483 e. The molecule has 0 fully saturated rings. The summed E-state index contributed by atoms with van der Waals surface area (Å²) in [6, 6.07) is 5.48. The predicted octanol–water partition coefficient (Wildman–Crippen LogP) is 6.27. The standard InChI is InChI=1S/C27H31ClN4O4S2/c1-6-11-32-24(17(4)36-18-8-10-20(28)16(3)13-18)30-31-27(32)37-14-22(33)29-25-23(26(34)35-5)19-9-7-15(2)12-21(19)38-25/h6,8,10,13,15,17H,1,7,9,11-12,14H2,2-5H3,(H,29,33). The molecule has 0 spiro atoms. The minimum absolute atomic E-state index is 0.0977. The number of rotatable bonds is 10. The number of thiophene rings is 1. The second kappa shape index (κ2) is 12.4. The Labute approximate surface area is 235 Å². The van der Waals surface area contributed by atoms with Crippen molar-refractivity contribution in [3.8, 4) is 5.75 Å². The van der Waals surface area contributed by atoms with Crippen LogP contribution in [-0.4, -0.2) is 39.5 Å². The number of nitrogens with one attached hydrogen (secondary N) is 1. The van der Waals surface area contributed by atoms with Crippen molar-refractivity contribution in [1.29, 1.82) is 0 Å². The van der Waals surface area contributed by atoms with Crippen LogP contribution in [-0.2, 0) is 28.9 Å². The topological polar surface area (TPSA) is 95.3 Å². The van der Waals surface area contributed by atoms with E-state index in [4.69, 9.17) is 21.1 Å². The number of halogens is 1. The van der Waals surface area contributed by atoms with Gasteiger partial charge in [-0.3, -0.25) is 9.36 Å². The van der Waals surface area contributed by atoms with Gasteiger partial charge in [-0.05, 0) is 68.4 Å². The molecule has 0 saturated heterocycles. The van der Waals surface area contributed by atoms with E-state index in [-0.39, 0.29) is 11.7 Å². The van der Waals surface area contributed by atoms with Crippen LogP contribution in [0.1, 0.15) is 58.6 Å². The van der Waals surface area contributed by atoms with E-state index in [1.807, 2.05) is 30.5 Å². The van der Waals surface area contributed by atoms with Crippen molar-refractivity contribution in [2.24, 2.45) is 5.92 Å². The SMILES string of the molecule is C=CCn1c(SCC(=O)Nc2sc3c(c2C(=O)OC)CCC(C)C3)nnc1C(C)Oc1ccc(Cl)c(C)c1. The zero-order valence-corrected chi connectivity index (χ0v) is 24.3. The number of carbonyl (C=O) groups is 2. The number of nitrogens with zero attached hydrogens (tertiary/aromatic N) is 3. The van der Waals surface area contributed by atoms with Gasteiger partial charge in [-0.1, -0.05) is 36.4 Å². The van der Waals surface area contributed by atoms with Crippen LogP contribution in [0.2, 0.25) is 5.02 Å². The van der Waals surface area contributed by atoms with Gasteiger partial charge < -0.3 is 14.8 Å². The fraction of sp³-hybridized carbons (Fsp3) is 0.407. The monoisotopic (exact) mass is 574 g/mol. The Kier molecular flexibility index (Phi) is 9.17. The molecule has 2 aromatic heterocycles. The quantitative estimate of drug-likeness (QED) is 0.173. The number of benzene rings is 1. The second-order valence-electron chi connectivity index (χ2n) is 9.30. The number of carbonyl (C=O) groups excluding carboxylic acids is 2. The van der Waals surface area contributed by atoms with Gasteiger partial charge in [-0.25, -0.2) is 4.79 Å². The van der Waals surface area contributed by atoms with Crippen LogP contribution >= 0.6 is 34.7 Å². The van der Waals surface area contributed by atoms with Crippen molar-refractivity contribution in [1.82, 2.24) is 14.8 Å². The van der Waals surface area contributed by atoms with E-state index >= 15 is 0 Å². The van der Waals surface area contributed by atoms with Crippen molar-refractivity contribution in [2.75, 3.05) is 18.2 Å². The van der Waals surface area contributed by atoms with Crippen molar-refractivity contribution in [3.63, 3.8) is 0 Å². The summed E-state index contributed by atoms with van der Waals surface area (Å²) in [5.41, 5.74) is 2.41. The molecular weight excluding hydrogens is 544 g/mol. The maximum Gasteiger partial charge on any atom is 0.341 e. The van der Waals surface area contributed by atoms with Crippen molar-refractivity contribution in [2.45, 2.75) is 57.8 Å². The lowest BCUT2D eigenvalue weighted by atomic mass is 9.88. The van der Waals surface area contributed by atoms with E-state index in [1.54, 1.807) is 12.1 Å². The third kappa shape index (κ3) is 6.24. The van der Waals surface area contributed by atoms with Crippen molar-refractivity contribution < 1.29 is 19.1 Å². The number of allylic oxidation sites excluding steroid dienone is 1. The van der Waals surface area contributed by atoms with Gasteiger partial charge >= 0.3 is 5.97 Å². The van der Waals surface area contributed by atoms with E-state index in [2.05, 4.69) is 29.0 Å². The molecule has 2 atom stereocenters. The number of thioether (sulfide) groups is 1. The van der Waals surface area contributed by atoms with E-state index in [0.717, 1.165) is 35.3 Å². The minimum atomic E-state index is -0.416. The lowest BCUT2D eigenvalue weighted by Gasteiger charge is -2.18. The van der Waals surface area contributed by atoms with Gasteiger partial charge in [0.15, 0.2) is 17.1 Å². The first kappa shape index (κ1) is 28.2. The first-order valence-electron chi connectivity index (χ1n) is 12.3. The Hall–Kier alpha value is -2.82. The van der Waals surface area contributed by atoms with E-state index in [9.17, 15) is 9.59 Å². The van der Waals surface area contributed by atoms with Crippen LogP contribution < -0.4 is 10.1 Å². The first-order chi connectivity index (χ1) is 18.2. The fourth-order valence-electron chi connectivity index (χ4n) is 4.41. The molecule has 0 aliphatic heterocycles. The Morgan fingerprint density at radius 1 is 1.39 bits per heavy atom. The van der Waals surface area contributed by atoms with E-state index < -0.39 is 12.1 Å². The van der Waals surface area contributed by atoms with Crippen LogP contribution in [0.5, 0.6) is 5.75 Å².